The lowest BCUT2D eigenvalue weighted by molar-refractivity contribution is -0.397. The van der Waals surface area contributed by atoms with Crippen molar-refractivity contribution in [1.82, 2.24) is 4.90 Å². The molecule has 7 heterocycles. The van der Waals surface area contributed by atoms with Gasteiger partial charge in [-0.1, -0.05) is 5.92 Å². The third-order valence-corrected chi connectivity index (χ3v) is 15.5. The Morgan fingerprint density at radius 1 is 0.333 bits per heavy atom. The number of ether oxygens (including phenoxy) is 13. The average Bonchev–Trinajstić information content (AvgIpc) is 3.60. The quantitative estimate of drug-likeness (QED) is 0.0475. The molecule has 7 aliphatic heterocycles. The fourth-order valence-electron chi connectivity index (χ4n) is 10.7. The molecule has 0 unspecified atom stereocenters. The summed E-state index contributed by atoms with van der Waals surface area (Å²) in [7, 11) is 0. The standard InChI is InChI=1S/C47H77NO36/c1-3-4-48(12(2)56)41-28(65)22(59)35(14(6-50)72-41)79-43-30(67)24(61)37(16(8-52)74-43)81-45-32(69)26(63)39(18(10-54)76-45)83-47-34(71)27(64)40(19(11-55)78-47)84-46-33(70)25(62)38(17(9-53)77-46)82-44-31(68)23(60)36(15(7-51)75-44)80-42-29(66)21(58)20(57)13(5-49)73-42/h1,13-47,49-55,57-71H,4-11H2,2H3/t13-,14-,15-,16-,17-,18-,19-,20-,21+,22-,23-,24-,25-,26-,27-,28-,29-,30-,31-,32-,33-,34-,35-,36-,37-,38-,39-,40-,41+,42-,43-,44-,45-,46-,47-/m1/s1. The summed E-state index contributed by atoms with van der Waals surface area (Å²) in [6.07, 6.45) is -62.2. The van der Waals surface area contributed by atoms with Crippen molar-refractivity contribution in [3.8, 4) is 12.3 Å². The Morgan fingerprint density at radius 2 is 0.548 bits per heavy atom. The van der Waals surface area contributed by atoms with Crippen molar-refractivity contribution in [2.45, 2.75) is 222 Å². The van der Waals surface area contributed by atoms with Gasteiger partial charge >= 0.3 is 0 Å². The first-order chi connectivity index (χ1) is 39.9. The molecule has 0 saturated carbocycles. The summed E-state index contributed by atoms with van der Waals surface area (Å²) in [6.45, 7) is -6.21. The number of hydrogen-bond donors (Lipinski definition) is 22. The van der Waals surface area contributed by atoms with Crippen LogP contribution >= 0.6 is 0 Å². The number of terminal acetylenes is 1. The van der Waals surface area contributed by atoms with Crippen molar-refractivity contribution in [2.24, 2.45) is 0 Å². The smallest absolute Gasteiger partial charge is 0.222 e. The highest BCUT2D eigenvalue weighted by Crippen LogP contribution is 2.38. The molecule has 0 radical (unpaired) electrons. The second-order valence-electron chi connectivity index (χ2n) is 20.9. The van der Waals surface area contributed by atoms with Crippen LogP contribution in [0.4, 0.5) is 0 Å². The normalized spacial score (nSPS) is 50.3. The van der Waals surface area contributed by atoms with Crippen LogP contribution in [0.5, 0.6) is 0 Å². The van der Waals surface area contributed by atoms with E-state index in [1.165, 1.54) is 0 Å². The molecule has 0 aromatic carbocycles. The van der Waals surface area contributed by atoms with E-state index in [4.69, 9.17) is 68.0 Å². The van der Waals surface area contributed by atoms with Gasteiger partial charge in [0, 0.05) is 6.92 Å². The fourth-order valence-corrected chi connectivity index (χ4v) is 10.7. The van der Waals surface area contributed by atoms with Gasteiger partial charge in [-0.15, -0.1) is 6.42 Å². The third kappa shape index (κ3) is 14.1. The summed E-state index contributed by atoms with van der Waals surface area (Å²) < 4.78 is 73.0. The van der Waals surface area contributed by atoms with Crippen LogP contribution < -0.4 is 0 Å². The SMILES string of the molecule is C#CCN(C(C)=O)[C@H]1O[C@H](CO)[C@@H](O[C@H]2O[C@H](CO)[C@@H](O[C@H]3O[C@H](CO)[C@@H](O[C@H]4O[C@H](CO)[C@@H](O[C@H]5O[C@H](CO)[C@@H](O[C@H]6O[C@H](CO)[C@@H](O[C@H]7O[C@H](CO)[C@@H](O)[C@H](O)[C@H]7O)[C@H](O)[C@H]6O)[C@H](O)[C@H]5O)[C@H](O)[C@H]4O)[C@H](O)[C@H]3O)[C@H](O)[C@H]2O)[C@H](O)[C@H]1O. The maximum absolute atomic E-state index is 12.2. The van der Waals surface area contributed by atoms with Gasteiger partial charge in [0.25, 0.3) is 0 Å². The molecular weight excluding hydrogens is 1150 g/mol. The molecule has 0 bridgehead atoms. The van der Waals surface area contributed by atoms with Crippen molar-refractivity contribution in [1.29, 1.82) is 0 Å². The van der Waals surface area contributed by atoms with Crippen molar-refractivity contribution in [2.75, 3.05) is 52.8 Å². The number of aliphatic hydroxyl groups is 22. The second-order valence-corrected chi connectivity index (χ2v) is 20.9. The molecule has 0 aliphatic carbocycles. The van der Waals surface area contributed by atoms with Gasteiger partial charge in [-0.3, -0.25) is 4.79 Å². The average molecular weight is 1230 g/mol. The maximum Gasteiger partial charge on any atom is 0.222 e. The molecule has 0 spiro atoms. The second kappa shape index (κ2) is 30.0. The Morgan fingerprint density at radius 3 is 0.774 bits per heavy atom. The zero-order chi connectivity index (χ0) is 61.9. The third-order valence-electron chi connectivity index (χ3n) is 15.5. The first-order valence-electron chi connectivity index (χ1n) is 26.6. The van der Waals surface area contributed by atoms with Crippen molar-refractivity contribution in [3.63, 3.8) is 0 Å². The van der Waals surface area contributed by atoms with E-state index in [2.05, 4.69) is 5.92 Å². The number of rotatable bonds is 21. The molecular formula is C47H77NO36. The van der Waals surface area contributed by atoms with Crippen molar-refractivity contribution < 1.29 is 179 Å². The van der Waals surface area contributed by atoms with E-state index in [0.29, 0.717) is 0 Å². The molecule has 84 heavy (non-hydrogen) atoms. The van der Waals surface area contributed by atoms with E-state index in [0.717, 1.165) is 11.8 Å². The summed E-state index contributed by atoms with van der Waals surface area (Å²) in [4.78, 5) is 13.1. The summed E-state index contributed by atoms with van der Waals surface area (Å²) in [5.41, 5.74) is 0. The summed E-state index contributed by atoms with van der Waals surface area (Å²) >= 11 is 0. The van der Waals surface area contributed by atoms with Gasteiger partial charge in [0.2, 0.25) is 5.91 Å². The van der Waals surface area contributed by atoms with E-state index in [-0.39, 0.29) is 6.54 Å². The molecule has 22 N–H and O–H groups in total. The van der Waals surface area contributed by atoms with Gasteiger partial charge in [-0.2, -0.15) is 0 Å². The van der Waals surface area contributed by atoms with E-state index < -0.39 is 267 Å². The lowest BCUT2D eigenvalue weighted by atomic mass is 9.95. The molecule has 35 atom stereocenters. The predicted octanol–water partition coefficient (Wildman–Crippen LogP) is -15.8. The molecule has 0 aromatic rings. The minimum absolute atomic E-state index is 0.366. The van der Waals surface area contributed by atoms with Crippen molar-refractivity contribution >= 4 is 5.91 Å². The zero-order valence-corrected chi connectivity index (χ0v) is 44.4. The Balaban J connectivity index is 0.945. The molecule has 7 fully saturated rings. The Labute approximate surface area is 475 Å². The van der Waals surface area contributed by atoms with E-state index in [1.54, 1.807) is 0 Å². The van der Waals surface area contributed by atoms with Gasteiger partial charge in [0.05, 0.1) is 52.8 Å². The highest BCUT2D eigenvalue weighted by atomic mass is 16.8. The molecule has 0 aromatic heterocycles. The van der Waals surface area contributed by atoms with Gasteiger partial charge in [-0.05, 0) is 0 Å². The van der Waals surface area contributed by atoms with Crippen LogP contribution in [0, 0.1) is 12.3 Å². The molecule has 486 valence electrons. The van der Waals surface area contributed by atoms with Crippen LogP contribution in [0.15, 0.2) is 0 Å². The minimum atomic E-state index is -2.24. The molecule has 1 amide bonds. The van der Waals surface area contributed by atoms with E-state index in [9.17, 15) is 117 Å². The van der Waals surface area contributed by atoms with Crippen LogP contribution in [0.3, 0.4) is 0 Å². The van der Waals surface area contributed by atoms with Crippen LogP contribution in [-0.4, -0.2) is 391 Å². The number of aliphatic hydroxyl groups excluding tert-OH is 22. The van der Waals surface area contributed by atoms with Gasteiger partial charge < -0.3 is 179 Å². The lowest BCUT2D eigenvalue weighted by Gasteiger charge is -2.50. The topological polar surface area (TPSA) is 585 Å². The highest BCUT2D eigenvalue weighted by Gasteiger charge is 2.59. The van der Waals surface area contributed by atoms with Gasteiger partial charge in [0.1, 0.15) is 171 Å². The van der Waals surface area contributed by atoms with Crippen LogP contribution in [0.2, 0.25) is 0 Å². The monoisotopic (exact) mass is 1230 g/mol. The number of carbonyl (C=O) groups excluding carboxylic acids is 1. The van der Waals surface area contributed by atoms with E-state index in [1.807, 2.05) is 0 Å². The zero-order valence-electron chi connectivity index (χ0n) is 44.4. The van der Waals surface area contributed by atoms with Crippen LogP contribution in [-0.2, 0) is 66.4 Å². The molecule has 7 aliphatic rings. The molecule has 37 nitrogen and oxygen atoms in total. The van der Waals surface area contributed by atoms with Crippen LogP contribution in [0.1, 0.15) is 6.92 Å². The van der Waals surface area contributed by atoms with Crippen LogP contribution in [0.25, 0.3) is 0 Å². The summed E-state index contributed by atoms with van der Waals surface area (Å²) in [5, 5.41) is 236. The first kappa shape index (κ1) is 69.1. The first-order valence-corrected chi connectivity index (χ1v) is 26.6. The number of hydrogen-bond acceptors (Lipinski definition) is 36. The largest absolute Gasteiger partial charge is 0.394 e. The number of nitrogens with zero attached hydrogens (tertiary/aromatic N) is 1. The molecule has 7 saturated heterocycles. The number of carbonyl (C=O) groups is 1. The minimum Gasteiger partial charge on any atom is -0.394 e. The van der Waals surface area contributed by atoms with Crippen molar-refractivity contribution in [3.05, 3.63) is 0 Å². The fraction of sp³-hybridized carbons (Fsp3) is 0.936. The Kier molecular flexibility index (Phi) is 24.7. The number of amides is 1. The highest BCUT2D eigenvalue weighted by molar-refractivity contribution is 5.73. The summed E-state index contributed by atoms with van der Waals surface area (Å²) in [5.74, 6) is 1.54. The lowest BCUT2D eigenvalue weighted by Crippen LogP contribution is -2.68. The predicted molar refractivity (Wildman–Crippen MR) is 256 cm³/mol. The van der Waals surface area contributed by atoms with Gasteiger partial charge in [-0.25, -0.2) is 0 Å². The molecule has 7 rings (SSSR count). The Bertz CT molecular complexity index is 2080. The Hall–Kier alpha value is -2.37. The van der Waals surface area contributed by atoms with Gasteiger partial charge in [0.15, 0.2) is 44.0 Å². The van der Waals surface area contributed by atoms with E-state index >= 15 is 0 Å². The maximum atomic E-state index is 12.2. The molecule has 37 heteroatoms. The summed E-state index contributed by atoms with van der Waals surface area (Å²) in [6, 6.07) is 0.